The Bertz CT molecular complexity index is 277. The van der Waals surface area contributed by atoms with Crippen molar-refractivity contribution in [2.45, 2.75) is 39.7 Å². The van der Waals surface area contributed by atoms with E-state index in [4.69, 9.17) is 4.74 Å². The third-order valence-corrected chi connectivity index (χ3v) is 1.88. The first-order valence-electron chi connectivity index (χ1n) is 5.62. The zero-order valence-electron chi connectivity index (χ0n) is 10.4. The number of amides is 1. The van der Waals surface area contributed by atoms with Crippen LogP contribution in [0.1, 0.15) is 33.6 Å². The second-order valence-corrected chi connectivity index (χ2v) is 3.35. The largest absolute Gasteiger partial charge is 0.466 e. The predicted molar refractivity (Wildman–Crippen MR) is 60.1 cm³/mol. The molecule has 0 saturated heterocycles. The number of hydrogen-bond acceptors (Lipinski definition) is 5. The summed E-state index contributed by atoms with van der Waals surface area (Å²) in [5.41, 5.74) is 0. The standard InChI is InChI=1S/C11H19NO5/c1-4-16-10(14)7-6-9(13)12-8(3)11(15)17-5-2/h8H,4-7H2,1-3H3,(H,12,13). The summed E-state index contributed by atoms with van der Waals surface area (Å²) < 4.78 is 9.40. The Morgan fingerprint density at radius 1 is 1.06 bits per heavy atom. The number of rotatable bonds is 7. The number of esters is 2. The molecule has 0 radical (unpaired) electrons. The molecule has 98 valence electrons. The molecule has 0 bridgehead atoms. The topological polar surface area (TPSA) is 81.7 Å². The summed E-state index contributed by atoms with van der Waals surface area (Å²) in [6, 6.07) is -0.704. The lowest BCUT2D eigenvalue weighted by Gasteiger charge is -2.12. The van der Waals surface area contributed by atoms with Gasteiger partial charge in [-0.3, -0.25) is 9.59 Å². The fraction of sp³-hybridized carbons (Fsp3) is 0.727. The molecule has 0 aromatic rings. The van der Waals surface area contributed by atoms with E-state index in [0.717, 1.165) is 0 Å². The molecule has 0 aromatic carbocycles. The number of ether oxygens (including phenoxy) is 2. The Balaban J connectivity index is 3.85. The van der Waals surface area contributed by atoms with Gasteiger partial charge in [-0.05, 0) is 20.8 Å². The average Bonchev–Trinajstić information content (AvgIpc) is 2.27. The normalized spacial score (nSPS) is 11.5. The number of hydrogen-bond donors (Lipinski definition) is 1. The lowest BCUT2D eigenvalue weighted by Crippen LogP contribution is -2.39. The van der Waals surface area contributed by atoms with Gasteiger partial charge in [0.15, 0.2) is 0 Å². The Labute approximate surface area is 101 Å². The predicted octanol–water partition coefficient (Wildman–Crippen LogP) is 0.397. The summed E-state index contributed by atoms with van der Waals surface area (Å²) in [4.78, 5) is 33.5. The van der Waals surface area contributed by atoms with Gasteiger partial charge in [-0.1, -0.05) is 0 Å². The van der Waals surface area contributed by atoms with E-state index in [1.165, 1.54) is 6.92 Å². The maximum atomic E-state index is 11.3. The molecule has 1 atom stereocenters. The summed E-state index contributed by atoms with van der Waals surface area (Å²) in [5, 5.41) is 2.44. The van der Waals surface area contributed by atoms with Gasteiger partial charge in [-0.2, -0.15) is 0 Å². The van der Waals surface area contributed by atoms with Gasteiger partial charge in [0.1, 0.15) is 6.04 Å². The third-order valence-electron chi connectivity index (χ3n) is 1.88. The van der Waals surface area contributed by atoms with Crippen LogP contribution < -0.4 is 5.32 Å². The number of carbonyl (C=O) groups excluding carboxylic acids is 3. The molecule has 0 aliphatic carbocycles. The van der Waals surface area contributed by atoms with Gasteiger partial charge in [0.2, 0.25) is 5.91 Å². The lowest BCUT2D eigenvalue weighted by atomic mass is 10.2. The van der Waals surface area contributed by atoms with Crippen LogP contribution in [0.3, 0.4) is 0 Å². The molecular formula is C11H19NO5. The van der Waals surface area contributed by atoms with E-state index < -0.39 is 18.0 Å². The molecule has 0 heterocycles. The van der Waals surface area contributed by atoms with Crippen molar-refractivity contribution < 1.29 is 23.9 Å². The molecule has 0 aromatic heterocycles. The zero-order valence-corrected chi connectivity index (χ0v) is 10.4. The van der Waals surface area contributed by atoms with E-state index in [2.05, 4.69) is 10.1 Å². The maximum Gasteiger partial charge on any atom is 0.328 e. The van der Waals surface area contributed by atoms with Gasteiger partial charge in [-0.15, -0.1) is 0 Å². The highest BCUT2D eigenvalue weighted by Crippen LogP contribution is 1.95. The van der Waals surface area contributed by atoms with Gasteiger partial charge in [0.25, 0.3) is 0 Å². The van der Waals surface area contributed by atoms with E-state index in [-0.39, 0.29) is 25.4 Å². The van der Waals surface area contributed by atoms with E-state index in [1.807, 2.05) is 0 Å². The van der Waals surface area contributed by atoms with Crippen LogP contribution in [-0.4, -0.2) is 37.1 Å². The fourth-order valence-electron chi connectivity index (χ4n) is 1.09. The van der Waals surface area contributed by atoms with Gasteiger partial charge >= 0.3 is 11.9 Å². The molecule has 6 nitrogen and oxygen atoms in total. The van der Waals surface area contributed by atoms with Crippen molar-refractivity contribution in [3.05, 3.63) is 0 Å². The molecule has 17 heavy (non-hydrogen) atoms. The van der Waals surface area contributed by atoms with Crippen molar-refractivity contribution >= 4 is 17.8 Å². The van der Waals surface area contributed by atoms with E-state index in [9.17, 15) is 14.4 Å². The maximum absolute atomic E-state index is 11.3. The Hall–Kier alpha value is -1.59. The van der Waals surface area contributed by atoms with Gasteiger partial charge in [0.05, 0.1) is 19.6 Å². The number of nitrogens with one attached hydrogen (secondary N) is 1. The molecule has 6 heteroatoms. The van der Waals surface area contributed by atoms with Crippen LogP contribution in [0.2, 0.25) is 0 Å². The van der Waals surface area contributed by atoms with Crippen LogP contribution >= 0.6 is 0 Å². The van der Waals surface area contributed by atoms with Gasteiger partial charge in [0, 0.05) is 6.42 Å². The van der Waals surface area contributed by atoms with Crippen molar-refractivity contribution in [2.24, 2.45) is 0 Å². The van der Waals surface area contributed by atoms with Crippen LogP contribution in [0.4, 0.5) is 0 Å². The monoisotopic (exact) mass is 245 g/mol. The van der Waals surface area contributed by atoms with Crippen LogP contribution in [0.5, 0.6) is 0 Å². The summed E-state index contributed by atoms with van der Waals surface area (Å²) in [7, 11) is 0. The van der Waals surface area contributed by atoms with E-state index in [0.29, 0.717) is 6.61 Å². The fourth-order valence-corrected chi connectivity index (χ4v) is 1.09. The van der Waals surface area contributed by atoms with Crippen LogP contribution in [0.25, 0.3) is 0 Å². The minimum absolute atomic E-state index is 0.00256. The minimum atomic E-state index is -0.704. The van der Waals surface area contributed by atoms with Crippen LogP contribution in [-0.2, 0) is 23.9 Å². The zero-order chi connectivity index (χ0) is 13.3. The highest BCUT2D eigenvalue weighted by atomic mass is 16.5. The Morgan fingerprint density at radius 3 is 2.18 bits per heavy atom. The van der Waals surface area contributed by atoms with Crippen LogP contribution in [0.15, 0.2) is 0 Å². The van der Waals surface area contributed by atoms with Crippen molar-refractivity contribution in [2.75, 3.05) is 13.2 Å². The molecule has 0 spiro atoms. The number of carbonyl (C=O) groups is 3. The molecular weight excluding hydrogens is 226 g/mol. The van der Waals surface area contributed by atoms with Crippen LogP contribution in [0, 0.1) is 0 Å². The van der Waals surface area contributed by atoms with Crippen molar-refractivity contribution in [3.63, 3.8) is 0 Å². The second-order valence-electron chi connectivity index (χ2n) is 3.35. The minimum Gasteiger partial charge on any atom is -0.466 e. The molecule has 0 rings (SSSR count). The molecule has 1 unspecified atom stereocenters. The summed E-state index contributed by atoms with van der Waals surface area (Å²) >= 11 is 0. The quantitative estimate of drug-likeness (QED) is 0.656. The lowest BCUT2D eigenvalue weighted by molar-refractivity contribution is -0.147. The van der Waals surface area contributed by atoms with Gasteiger partial charge in [-0.25, -0.2) is 4.79 Å². The first-order valence-corrected chi connectivity index (χ1v) is 5.62. The third kappa shape index (κ3) is 7.32. The summed E-state index contributed by atoms with van der Waals surface area (Å²) in [6.07, 6.45) is 0.0117. The van der Waals surface area contributed by atoms with Crippen molar-refractivity contribution in [1.82, 2.24) is 5.32 Å². The smallest absolute Gasteiger partial charge is 0.328 e. The highest BCUT2D eigenvalue weighted by molar-refractivity contribution is 5.86. The van der Waals surface area contributed by atoms with Crippen molar-refractivity contribution in [1.29, 1.82) is 0 Å². The first kappa shape index (κ1) is 15.4. The molecule has 0 aliphatic rings. The van der Waals surface area contributed by atoms with Crippen molar-refractivity contribution in [3.8, 4) is 0 Å². The van der Waals surface area contributed by atoms with E-state index >= 15 is 0 Å². The highest BCUT2D eigenvalue weighted by Gasteiger charge is 2.17. The molecule has 1 amide bonds. The molecule has 0 aliphatic heterocycles. The second kappa shape index (κ2) is 8.55. The average molecular weight is 245 g/mol. The summed E-state index contributed by atoms with van der Waals surface area (Å²) in [6.45, 7) is 5.47. The SMILES string of the molecule is CCOC(=O)CCC(=O)NC(C)C(=O)OCC. The Kier molecular flexibility index (Phi) is 7.75. The molecule has 0 fully saturated rings. The van der Waals surface area contributed by atoms with E-state index in [1.54, 1.807) is 13.8 Å². The molecule has 1 N–H and O–H groups in total. The first-order chi connectivity index (χ1) is 8.01. The molecule has 0 saturated carbocycles. The Morgan fingerprint density at radius 2 is 1.65 bits per heavy atom. The summed E-state index contributed by atoms with van der Waals surface area (Å²) in [5.74, 6) is -1.29. The van der Waals surface area contributed by atoms with Gasteiger partial charge < -0.3 is 14.8 Å².